The SMILES string of the molecule is c1ccn2ncc([C@H]3CC[C@H](c4ccn(C5CCCCO5)n4)CC3)c2c1. The minimum atomic E-state index is 0.146. The Morgan fingerprint density at radius 3 is 2.65 bits per heavy atom. The van der Waals surface area contributed by atoms with Crippen LogP contribution in [0, 0.1) is 0 Å². The van der Waals surface area contributed by atoms with E-state index in [1.54, 1.807) is 0 Å². The van der Waals surface area contributed by atoms with Crippen molar-refractivity contribution in [2.24, 2.45) is 0 Å². The normalized spacial score (nSPS) is 27.0. The summed E-state index contributed by atoms with van der Waals surface area (Å²) < 4.78 is 9.90. The molecule has 1 aliphatic heterocycles. The highest BCUT2D eigenvalue weighted by Crippen LogP contribution is 2.41. The highest BCUT2D eigenvalue weighted by molar-refractivity contribution is 5.55. The van der Waals surface area contributed by atoms with E-state index in [1.807, 2.05) is 21.5 Å². The van der Waals surface area contributed by atoms with Crippen LogP contribution in [0.5, 0.6) is 0 Å². The predicted molar refractivity (Wildman–Crippen MR) is 100 cm³/mol. The summed E-state index contributed by atoms with van der Waals surface area (Å²) in [7, 11) is 0. The van der Waals surface area contributed by atoms with E-state index in [0.29, 0.717) is 11.8 Å². The highest BCUT2D eigenvalue weighted by atomic mass is 16.5. The first-order valence-corrected chi connectivity index (χ1v) is 9.97. The fraction of sp³-hybridized carbons (Fsp3) is 0.524. The molecule has 0 N–H and O–H groups in total. The molecule has 136 valence electrons. The number of rotatable bonds is 3. The Bertz CT molecular complexity index is 869. The van der Waals surface area contributed by atoms with Gasteiger partial charge in [-0.3, -0.25) is 0 Å². The van der Waals surface area contributed by atoms with Crippen LogP contribution < -0.4 is 0 Å². The van der Waals surface area contributed by atoms with Crippen molar-refractivity contribution in [2.45, 2.75) is 63.0 Å². The molecule has 0 bridgehead atoms. The number of hydrogen-bond acceptors (Lipinski definition) is 3. The maximum absolute atomic E-state index is 5.86. The quantitative estimate of drug-likeness (QED) is 0.689. The summed E-state index contributed by atoms with van der Waals surface area (Å²) in [4.78, 5) is 0. The first-order chi connectivity index (χ1) is 12.9. The Hall–Kier alpha value is -2.14. The summed E-state index contributed by atoms with van der Waals surface area (Å²) >= 11 is 0. The lowest BCUT2D eigenvalue weighted by Gasteiger charge is -2.27. The maximum Gasteiger partial charge on any atom is 0.150 e. The van der Waals surface area contributed by atoms with E-state index >= 15 is 0 Å². The molecule has 1 saturated heterocycles. The van der Waals surface area contributed by atoms with Crippen LogP contribution in [0.3, 0.4) is 0 Å². The molecule has 2 aliphatic rings. The Labute approximate surface area is 154 Å². The Kier molecular flexibility index (Phi) is 4.25. The van der Waals surface area contributed by atoms with Crippen LogP contribution in [-0.2, 0) is 4.74 Å². The summed E-state index contributed by atoms with van der Waals surface area (Å²) in [6, 6.07) is 8.53. The third-order valence-corrected chi connectivity index (χ3v) is 6.12. The van der Waals surface area contributed by atoms with E-state index in [2.05, 4.69) is 35.7 Å². The standard InChI is InChI=1S/C21H26N4O/c1-3-12-24-20(5-1)18(15-22-24)16-7-9-17(10-8-16)19-11-13-25(23-19)21-6-2-4-14-26-21/h1,3,5,11-13,15-17,21H,2,4,6-10,14H2/t16-,17-,21?. The summed E-state index contributed by atoms with van der Waals surface area (Å²) in [6.45, 7) is 0.866. The lowest BCUT2D eigenvalue weighted by Crippen LogP contribution is -2.19. The largest absolute Gasteiger partial charge is 0.357 e. The van der Waals surface area contributed by atoms with Gasteiger partial charge in [0.1, 0.15) is 6.23 Å². The molecule has 5 heteroatoms. The fourth-order valence-electron chi connectivity index (χ4n) is 4.63. The van der Waals surface area contributed by atoms with Crippen molar-refractivity contribution in [1.29, 1.82) is 0 Å². The number of ether oxygens (including phenoxy) is 1. The van der Waals surface area contributed by atoms with Crippen molar-refractivity contribution in [2.75, 3.05) is 6.61 Å². The smallest absolute Gasteiger partial charge is 0.150 e. The molecule has 3 aromatic rings. The average Bonchev–Trinajstić information content (AvgIpc) is 3.36. The first-order valence-electron chi connectivity index (χ1n) is 9.97. The second-order valence-corrected chi connectivity index (χ2v) is 7.72. The molecule has 0 spiro atoms. The van der Waals surface area contributed by atoms with Gasteiger partial charge in [-0.2, -0.15) is 10.2 Å². The molecule has 1 atom stereocenters. The molecule has 1 aliphatic carbocycles. The highest BCUT2D eigenvalue weighted by Gasteiger charge is 2.27. The van der Waals surface area contributed by atoms with Crippen LogP contribution >= 0.6 is 0 Å². The van der Waals surface area contributed by atoms with Gasteiger partial charge < -0.3 is 4.74 Å². The minimum absolute atomic E-state index is 0.146. The van der Waals surface area contributed by atoms with Gasteiger partial charge >= 0.3 is 0 Å². The predicted octanol–water partition coefficient (Wildman–Crippen LogP) is 4.67. The molecular formula is C21H26N4O. The van der Waals surface area contributed by atoms with Gasteiger partial charge in [-0.25, -0.2) is 9.20 Å². The number of fused-ring (bicyclic) bond motifs is 1. The van der Waals surface area contributed by atoms with Gasteiger partial charge in [0, 0.05) is 30.5 Å². The topological polar surface area (TPSA) is 44.4 Å². The van der Waals surface area contributed by atoms with Gasteiger partial charge in [-0.05, 0) is 69.1 Å². The summed E-state index contributed by atoms with van der Waals surface area (Å²) in [5.74, 6) is 1.20. The zero-order valence-corrected chi connectivity index (χ0v) is 15.1. The minimum Gasteiger partial charge on any atom is -0.357 e. The van der Waals surface area contributed by atoms with E-state index in [4.69, 9.17) is 9.84 Å². The molecule has 1 unspecified atom stereocenters. The van der Waals surface area contributed by atoms with Crippen LogP contribution in [0.25, 0.3) is 5.52 Å². The third kappa shape index (κ3) is 2.94. The molecule has 5 rings (SSSR count). The molecule has 3 aromatic heterocycles. The molecule has 1 saturated carbocycles. The number of pyridine rings is 1. The summed E-state index contributed by atoms with van der Waals surface area (Å²) in [5, 5.41) is 9.38. The van der Waals surface area contributed by atoms with Crippen LogP contribution in [0.4, 0.5) is 0 Å². The van der Waals surface area contributed by atoms with Gasteiger partial charge in [0.25, 0.3) is 0 Å². The van der Waals surface area contributed by atoms with Crippen molar-refractivity contribution in [3.05, 3.63) is 54.1 Å². The van der Waals surface area contributed by atoms with Crippen LogP contribution in [-0.4, -0.2) is 26.0 Å². The average molecular weight is 350 g/mol. The maximum atomic E-state index is 5.86. The molecular weight excluding hydrogens is 324 g/mol. The van der Waals surface area contributed by atoms with Crippen LogP contribution in [0.1, 0.15) is 74.3 Å². The van der Waals surface area contributed by atoms with Crippen LogP contribution in [0.15, 0.2) is 42.9 Å². The molecule has 4 heterocycles. The lowest BCUT2D eigenvalue weighted by atomic mass is 9.78. The Balaban J connectivity index is 1.26. The zero-order valence-electron chi connectivity index (χ0n) is 15.1. The van der Waals surface area contributed by atoms with Crippen molar-refractivity contribution in [3.63, 3.8) is 0 Å². The van der Waals surface area contributed by atoms with Gasteiger partial charge in [0.2, 0.25) is 0 Å². The first kappa shape index (κ1) is 16.1. The van der Waals surface area contributed by atoms with E-state index in [9.17, 15) is 0 Å². The van der Waals surface area contributed by atoms with E-state index in [1.165, 1.54) is 55.3 Å². The second-order valence-electron chi connectivity index (χ2n) is 7.72. The Morgan fingerprint density at radius 1 is 0.923 bits per heavy atom. The van der Waals surface area contributed by atoms with Gasteiger partial charge in [0.05, 0.1) is 17.4 Å². The molecule has 0 amide bonds. The van der Waals surface area contributed by atoms with Crippen LogP contribution in [0.2, 0.25) is 0 Å². The fourth-order valence-corrected chi connectivity index (χ4v) is 4.63. The summed E-state index contributed by atoms with van der Waals surface area (Å²) in [5.41, 5.74) is 3.91. The van der Waals surface area contributed by atoms with E-state index in [-0.39, 0.29) is 6.23 Å². The van der Waals surface area contributed by atoms with Gasteiger partial charge in [0.15, 0.2) is 0 Å². The monoisotopic (exact) mass is 350 g/mol. The van der Waals surface area contributed by atoms with Gasteiger partial charge in [-0.15, -0.1) is 0 Å². The van der Waals surface area contributed by atoms with E-state index < -0.39 is 0 Å². The van der Waals surface area contributed by atoms with E-state index in [0.717, 1.165) is 13.0 Å². The number of hydrogen-bond donors (Lipinski definition) is 0. The number of nitrogens with zero attached hydrogens (tertiary/aromatic N) is 4. The van der Waals surface area contributed by atoms with Crippen molar-refractivity contribution in [3.8, 4) is 0 Å². The lowest BCUT2D eigenvalue weighted by molar-refractivity contribution is -0.0397. The zero-order chi connectivity index (χ0) is 17.3. The molecule has 0 aromatic carbocycles. The molecule has 26 heavy (non-hydrogen) atoms. The van der Waals surface area contributed by atoms with Crippen molar-refractivity contribution in [1.82, 2.24) is 19.4 Å². The third-order valence-electron chi connectivity index (χ3n) is 6.12. The Morgan fingerprint density at radius 2 is 1.81 bits per heavy atom. The summed E-state index contributed by atoms with van der Waals surface area (Å²) in [6.07, 6.45) is 14.7. The van der Waals surface area contributed by atoms with Crippen molar-refractivity contribution >= 4 is 5.52 Å². The molecule has 2 fully saturated rings. The molecule has 0 radical (unpaired) electrons. The second kappa shape index (κ2) is 6.88. The van der Waals surface area contributed by atoms with Crippen molar-refractivity contribution < 1.29 is 4.74 Å². The molecule has 5 nitrogen and oxygen atoms in total. The van der Waals surface area contributed by atoms with Gasteiger partial charge in [-0.1, -0.05) is 6.07 Å². The number of aromatic nitrogens is 4.